The smallest absolute Gasteiger partial charge is 0.319 e. The SMILES string of the molecule is CC1(C)c2[nH]nc(NC(=O)c3ccccn3)c2CN1C(=O)N1CC2CCCN2C[C@@H]1CC1CCCCC1. The van der Waals surface area contributed by atoms with E-state index >= 15 is 0 Å². The quantitative estimate of drug-likeness (QED) is 0.644. The number of anilines is 1. The van der Waals surface area contributed by atoms with Crippen molar-refractivity contribution in [3.63, 3.8) is 0 Å². The Morgan fingerprint density at radius 3 is 2.73 bits per heavy atom. The van der Waals surface area contributed by atoms with Gasteiger partial charge in [0.1, 0.15) is 5.69 Å². The Morgan fingerprint density at radius 1 is 1.11 bits per heavy atom. The number of urea groups is 1. The van der Waals surface area contributed by atoms with Crippen molar-refractivity contribution in [3.05, 3.63) is 41.3 Å². The standard InChI is InChI=1S/C28H39N7O2/c1-28(2)24-22(25(32-31-24)30-26(36)23-12-6-7-13-29-23)18-35(28)27(37)34-17-20-11-8-14-33(20)16-21(34)15-19-9-4-3-5-10-19/h6-7,12-13,19-21H,3-5,8-11,14-18H2,1-2H3,(H2,30,31,32,36)/t20?,21-/m0/s1. The number of nitrogens with one attached hydrogen (secondary N) is 2. The van der Waals surface area contributed by atoms with Crippen LogP contribution in [0.3, 0.4) is 0 Å². The fourth-order valence-corrected chi connectivity index (χ4v) is 7.08. The average Bonchev–Trinajstić information content (AvgIpc) is 3.60. The third kappa shape index (κ3) is 4.51. The van der Waals surface area contributed by atoms with E-state index in [0.717, 1.165) is 36.7 Å². The van der Waals surface area contributed by atoms with E-state index in [0.29, 0.717) is 24.1 Å². The Morgan fingerprint density at radius 2 is 1.95 bits per heavy atom. The van der Waals surface area contributed by atoms with E-state index in [1.165, 1.54) is 51.5 Å². The first-order chi connectivity index (χ1) is 17.9. The van der Waals surface area contributed by atoms with Gasteiger partial charge in [0.15, 0.2) is 5.82 Å². The molecule has 1 aliphatic carbocycles. The first kappa shape index (κ1) is 24.4. The summed E-state index contributed by atoms with van der Waals surface area (Å²) in [4.78, 5) is 38.0. The Balaban J connectivity index is 1.22. The van der Waals surface area contributed by atoms with Gasteiger partial charge in [-0.1, -0.05) is 38.2 Å². The molecule has 3 fully saturated rings. The predicted molar refractivity (Wildman–Crippen MR) is 141 cm³/mol. The minimum atomic E-state index is -0.546. The van der Waals surface area contributed by atoms with Crippen molar-refractivity contribution in [1.82, 2.24) is 29.9 Å². The highest BCUT2D eigenvalue weighted by atomic mass is 16.2. The van der Waals surface area contributed by atoms with Crippen molar-refractivity contribution >= 4 is 17.8 Å². The number of piperazine rings is 1. The van der Waals surface area contributed by atoms with Gasteiger partial charge < -0.3 is 15.1 Å². The maximum atomic E-state index is 14.3. The van der Waals surface area contributed by atoms with Gasteiger partial charge in [0.25, 0.3) is 5.91 Å². The summed E-state index contributed by atoms with van der Waals surface area (Å²) in [5.41, 5.74) is 1.56. The molecule has 0 spiro atoms. The average molecular weight is 506 g/mol. The van der Waals surface area contributed by atoms with Gasteiger partial charge in [-0.05, 0) is 57.7 Å². The van der Waals surface area contributed by atoms with Crippen LogP contribution in [0.4, 0.5) is 10.6 Å². The number of aromatic nitrogens is 3. The maximum Gasteiger partial charge on any atom is 0.321 e. The van der Waals surface area contributed by atoms with Crippen LogP contribution in [0.25, 0.3) is 0 Å². The Kier molecular flexibility index (Phi) is 6.42. The topological polar surface area (TPSA) is 97.5 Å². The molecule has 2 aromatic heterocycles. The van der Waals surface area contributed by atoms with E-state index in [1.54, 1.807) is 24.4 Å². The summed E-state index contributed by atoms with van der Waals surface area (Å²) in [6.45, 7) is 7.55. The fourth-order valence-electron chi connectivity index (χ4n) is 7.08. The highest BCUT2D eigenvalue weighted by Crippen LogP contribution is 2.42. The second-order valence-electron chi connectivity index (χ2n) is 11.9. The number of carbonyl (C=O) groups excluding carboxylic acids is 2. The van der Waals surface area contributed by atoms with Crippen LogP contribution in [-0.4, -0.2) is 73.5 Å². The summed E-state index contributed by atoms with van der Waals surface area (Å²) in [6, 6.07) is 6.10. The molecule has 2 atom stereocenters. The Labute approximate surface area is 219 Å². The zero-order valence-electron chi connectivity index (χ0n) is 22.1. The minimum absolute atomic E-state index is 0.115. The van der Waals surface area contributed by atoms with Crippen LogP contribution >= 0.6 is 0 Å². The van der Waals surface area contributed by atoms with E-state index < -0.39 is 5.54 Å². The lowest BCUT2D eigenvalue weighted by Crippen LogP contribution is -2.61. The van der Waals surface area contributed by atoms with Crippen LogP contribution in [-0.2, 0) is 12.1 Å². The predicted octanol–water partition coefficient (Wildman–Crippen LogP) is 4.35. The molecular weight excluding hydrogens is 466 g/mol. The van der Waals surface area contributed by atoms with Crippen LogP contribution in [0.5, 0.6) is 0 Å². The summed E-state index contributed by atoms with van der Waals surface area (Å²) in [7, 11) is 0. The highest BCUT2D eigenvalue weighted by molar-refractivity contribution is 6.02. The lowest BCUT2D eigenvalue weighted by Gasteiger charge is -2.47. The van der Waals surface area contributed by atoms with Crippen LogP contribution in [0.1, 0.15) is 87.0 Å². The number of hydrogen-bond acceptors (Lipinski definition) is 5. The number of amides is 3. The molecule has 2 aromatic rings. The zero-order valence-corrected chi connectivity index (χ0v) is 22.1. The molecule has 4 aliphatic rings. The number of pyridine rings is 1. The fraction of sp³-hybridized carbons (Fsp3) is 0.643. The van der Waals surface area contributed by atoms with Crippen LogP contribution in [0, 0.1) is 5.92 Å². The number of rotatable bonds is 4. The minimum Gasteiger partial charge on any atom is -0.319 e. The van der Waals surface area contributed by atoms with Gasteiger partial charge in [0, 0.05) is 36.9 Å². The van der Waals surface area contributed by atoms with E-state index in [4.69, 9.17) is 0 Å². The summed E-state index contributed by atoms with van der Waals surface area (Å²) >= 11 is 0. The first-order valence-electron chi connectivity index (χ1n) is 14.0. The number of H-pyrrole nitrogens is 1. The molecule has 6 rings (SSSR count). The van der Waals surface area contributed by atoms with Crippen LogP contribution in [0.15, 0.2) is 24.4 Å². The van der Waals surface area contributed by atoms with Gasteiger partial charge in [0.05, 0.1) is 17.8 Å². The molecule has 3 aliphatic heterocycles. The summed E-state index contributed by atoms with van der Waals surface area (Å²) in [5.74, 6) is 0.904. The van der Waals surface area contributed by atoms with Crippen molar-refractivity contribution < 1.29 is 9.59 Å². The molecule has 198 valence electrons. The molecule has 1 saturated carbocycles. The van der Waals surface area contributed by atoms with E-state index in [2.05, 4.69) is 44.1 Å². The van der Waals surface area contributed by atoms with E-state index in [-0.39, 0.29) is 18.0 Å². The molecule has 9 nitrogen and oxygen atoms in total. The number of nitrogens with zero attached hydrogens (tertiary/aromatic N) is 5. The van der Waals surface area contributed by atoms with Crippen molar-refractivity contribution in [1.29, 1.82) is 0 Å². The first-order valence-corrected chi connectivity index (χ1v) is 14.0. The van der Waals surface area contributed by atoms with Gasteiger partial charge in [-0.15, -0.1) is 0 Å². The van der Waals surface area contributed by atoms with Gasteiger partial charge in [-0.25, -0.2) is 4.79 Å². The lowest BCUT2D eigenvalue weighted by atomic mass is 9.84. The molecule has 3 amide bonds. The molecule has 2 N–H and O–H groups in total. The molecule has 0 aromatic carbocycles. The Bertz CT molecular complexity index is 1140. The summed E-state index contributed by atoms with van der Waals surface area (Å²) < 4.78 is 0. The van der Waals surface area contributed by atoms with Gasteiger partial charge >= 0.3 is 6.03 Å². The molecule has 0 radical (unpaired) electrons. The normalized spacial score (nSPS) is 25.7. The molecule has 2 saturated heterocycles. The number of fused-ring (bicyclic) bond motifs is 2. The largest absolute Gasteiger partial charge is 0.321 e. The second-order valence-corrected chi connectivity index (χ2v) is 11.9. The summed E-state index contributed by atoms with van der Waals surface area (Å²) in [6.07, 6.45) is 11.7. The number of aromatic amines is 1. The molecular formula is C28H39N7O2. The van der Waals surface area contributed by atoms with Crippen LogP contribution < -0.4 is 5.32 Å². The lowest BCUT2D eigenvalue weighted by molar-refractivity contribution is 0.0299. The van der Waals surface area contributed by atoms with Crippen molar-refractivity contribution in [2.75, 3.05) is 25.0 Å². The number of carbonyl (C=O) groups is 2. The molecule has 0 bridgehead atoms. The van der Waals surface area contributed by atoms with E-state index in [1.807, 2.05) is 4.90 Å². The molecule has 1 unspecified atom stereocenters. The maximum absolute atomic E-state index is 14.3. The van der Waals surface area contributed by atoms with E-state index in [9.17, 15) is 9.59 Å². The van der Waals surface area contributed by atoms with Gasteiger partial charge in [0.2, 0.25) is 0 Å². The molecule has 37 heavy (non-hydrogen) atoms. The van der Waals surface area contributed by atoms with Crippen molar-refractivity contribution in [2.24, 2.45) is 5.92 Å². The number of hydrogen-bond donors (Lipinski definition) is 2. The molecule has 9 heteroatoms. The monoisotopic (exact) mass is 505 g/mol. The molecule has 5 heterocycles. The third-order valence-electron chi connectivity index (χ3n) is 9.20. The zero-order chi connectivity index (χ0) is 25.6. The highest BCUT2D eigenvalue weighted by Gasteiger charge is 2.48. The van der Waals surface area contributed by atoms with Gasteiger partial charge in [-0.2, -0.15) is 5.10 Å². The summed E-state index contributed by atoms with van der Waals surface area (Å²) in [5, 5.41) is 10.4. The third-order valence-corrected chi connectivity index (χ3v) is 9.20. The van der Waals surface area contributed by atoms with Crippen LogP contribution in [0.2, 0.25) is 0 Å². The van der Waals surface area contributed by atoms with Gasteiger partial charge in [-0.3, -0.25) is 19.8 Å². The van der Waals surface area contributed by atoms with Crippen molar-refractivity contribution in [2.45, 2.75) is 89.4 Å². The van der Waals surface area contributed by atoms with Crippen molar-refractivity contribution in [3.8, 4) is 0 Å². The second kappa shape index (κ2) is 9.74. The Hall–Kier alpha value is -2.94.